The number of halogens is 1. The van der Waals surface area contributed by atoms with Gasteiger partial charge in [0.25, 0.3) is 0 Å². The molecule has 0 radical (unpaired) electrons. The van der Waals surface area contributed by atoms with E-state index in [9.17, 15) is 14.4 Å². The summed E-state index contributed by atoms with van der Waals surface area (Å²) in [7, 11) is 0. The number of aromatic nitrogens is 1. The van der Waals surface area contributed by atoms with Crippen LogP contribution in [0, 0.1) is 0 Å². The van der Waals surface area contributed by atoms with Crippen molar-refractivity contribution in [2.45, 2.75) is 6.42 Å². The van der Waals surface area contributed by atoms with Crippen molar-refractivity contribution in [1.82, 2.24) is 4.98 Å². The molecule has 18 heavy (non-hydrogen) atoms. The standard InChI is InChI=1S/C12H8ClNO4/c13-6-1-2-9-7(3-6)8(5-14-9)10(15)4-11(16)12(17)18/h1-3,5,14H,4H2,(H,17,18). The highest BCUT2D eigenvalue weighted by Crippen LogP contribution is 2.23. The maximum atomic E-state index is 11.8. The molecule has 0 fully saturated rings. The van der Waals surface area contributed by atoms with E-state index in [-0.39, 0.29) is 5.56 Å². The number of hydrogen-bond acceptors (Lipinski definition) is 3. The number of carboxylic acids is 1. The zero-order valence-electron chi connectivity index (χ0n) is 9.07. The molecule has 0 saturated carbocycles. The number of ketones is 2. The Morgan fingerprint density at radius 3 is 2.67 bits per heavy atom. The molecule has 2 rings (SSSR count). The van der Waals surface area contributed by atoms with Crippen LogP contribution in [0.25, 0.3) is 10.9 Å². The Balaban J connectivity index is 2.36. The Morgan fingerprint density at radius 2 is 2.00 bits per heavy atom. The number of carboxylic acid groups (broad SMARTS) is 1. The fourth-order valence-corrected chi connectivity index (χ4v) is 1.81. The number of carbonyl (C=O) groups excluding carboxylic acids is 2. The van der Waals surface area contributed by atoms with Gasteiger partial charge in [-0.05, 0) is 18.2 Å². The molecular weight excluding hydrogens is 258 g/mol. The zero-order chi connectivity index (χ0) is 13.3. The lowest BCUT2D eigenvalue weighted by atomic mass is 10.1. The number of hydrogen-bond donors (Lipinski definition) is 2. The smallest absolute Gasteiger partial charge is 0.372 e. The number of rotatable bonds is 4. The Morgan fingerprint density at radius 1 is 1.28 bits per heavy atom. The summed E-state index contributed by atoms with van der Waals surface area (Å²) in [5.74, 6) is -3.28. The highest BCUT2D eigenvalue weighted by molar-refractivity contribution is 6.38. The first kappa shape index (κ1) is 12.3. The number of fused-ring (bicyclic) bond motifs is 1. The molecular formula is C12H8ClNO4. The van der Waals surface area contributed by atoms with E-state index < -0.39 is 24.0 Å². The minimum atomic E-state index is -1.61. The van der Waals surface area contributed by atoms with Crippen LogP contribution in [0.1, 0.15) is 16.8 Å². The van der Waals surface area contributed by atoms with Gasteiger partial charge in [-0.3, -0.25) is 9.59 Å². The largest absolute Gasteiger partial charge is 0.475 e. The van der Waals surface area contributed by atoms with Crippen LogP contribution in [-0.4, -0.2) is 27.6 Å². The summed E-state index contributed by atoms with van der Waals surface area (Å²) < 4.78 is 0. The molecule has 2 aromatic rings. The maximum absolute atomic E-state index is 11.8. The van der Waals surface area contributed by atoms with Gasteiger partial charge in [-0.1, -0.05) is 11.6 Å². The molecule has 92 valence electrons. The van der Waals surface area contributed by atoms with E-state index in [2.05, 4.69) is 4.98 Å². The van der Waals surface area contributed by atoms with Crippen LogP contribution in [0.4, 0.5) is 0 Å². The molecule has 0 aliphatic rings. The van der Waals surface area contributed by atoms with Gasteiger partial charge in [0.15, 0.2) is 5.78 Å². The van der Waals surface area contributed by atoms with Gasteiger partial charge in [0, 0.05) is 27.7 Å². The second-order valence-electron chi connectivity index (χ2n) is 3.72. The quantitative estimate of drug-likeness (QED) is 0.503. The van der Waals surface area contributed by atoms with E-state index in [4.69, 9.17) is 16.7 Å². The van der Waals surface area contributed by atoms with Gasteiger partial charge in [0.05, 0.1) is 6.42 Å². The summed E-state index contributed by atoms with van der Waals surface area (Å²) in [5, 5.41) is 9.49. The van der Waals surface area contributed by atoms with Crippen LogP contribution < -0.4 is 0 Å². The van der Waals surface area contributed by atoms with Gasteiger partial charge in [-0.2, -0.15) is 0 Å². The molecule has 0 atom stereocenters. The van der Waals surface area contributed by atoms with Crippen LogP contribution in [0.3, 0.4) is 0 Å². The van der Waals surface area contributed by atoms with Crippen molar-refractivity contribution in [3.05, 3.63) is 35.0 Å². The lowest BCUT2D eigenvalue weighted by Gasteiger charge is -1.97. The molecule has 1 heterocycles. The lowest BCUT2D eigenvalue weighted by Crippen LogP contribution is -2.16. The molecule has 0 aliphatic heterocycles. The summed E-state index contributed by atoms with van der Waals surface area (Å²) in [6.45, 7) is 0. The Labute approximate surface area is 106 Å². The van der Waals surface area contributed by atoms with Crippen molar-refractivity contribution in [1.29, 1.82) is 0 Å². The lowest BCUT2D eigenvalue weighted by molar-refractivity contribution is -0.148. The van der Waals surface area contributed by atoms with Gasteiger partial charge in [0.2, 0.25) is 5.78 Å². The Kier molecular flexibility index (Phi) is 3.16. The monoisotopic (exact) mass is 265 g/mol. The SMILES string of the molecule is O=C(O)C(=O)CC(=O)c1c[nH]c2ccc(Cl)cc12. The molecule has 5 nitrogen and oxygen atoms in total. The molecule has 0 saturated heterocycles. The fourth-order valence-electron chi connectivity index (χ4n) is 1.64. The second kappa shape index (κ2) is 4.62. The van der Waals surface area contributed by atoms with Gasteiger partial charge < -0.3 is 10.1 Å². The predicted molar refractivity (Wildman–Crippen MR) is 64.9 cm³/mol. The minimum Gasteiger partial charge on any atom is -0.475 e. The number of H-pyrrole nitrogens is 1. The van der Waals surface area contributed by atoms with Crippen LogP contribution in [0.2, 0.25) is 5.02 Å². The van der Waals surface area contributed by atoms with E-state index in [1.165, 1.54) is 6.20 Å². The minimum absolute atomic E-state index is 0.266. The van der Waals surface area contributed by atoms with Crippen LogP contribution in [-0.2, 0) is 9.59 Å². The van der Waals surface area contributed by atoms with Crippen LogP contribution in [0.5, 0.6) is 0 Å². The van der Waals surface area contributed by atoms with E-state index in [1.54, 1.807) is 18.2 Å². The summed E-state index contributed by atoms with van der Waals surface area (Å²) >= 11 is 5.82. The summed E-state index contributed by atoms with van der Waals surface area (Å²) in [6, 6.07) is 4.95. The highest BCUT2D eigenvalue weighted by atomic mass is 35.5. The van der Waals surface area contributed by atoms with Crippen molar-refractivity contribution in [3.8, 4) is 0 Å². The number of aromatic amines is 1. The third-order valence-electron chi connectivity index (χ3n) is 2.50. The highest BCUT2D eigenvalue weighted by Gasteiger charge is 2.20. The molecule has 1 aromatic carbocycles. The van der Waals surface area contributed by atoms with Gasteiger partial charge >= 0.3 is 5.97 Å². The third-order valence-corrected chi connectivity index (χ3v) is 2.74. The van der Waals surface area contributed by atoms with Crippen molar-refractivity contribution in [2.75, 3.05) is 0 Å². The molecule has 0 bridgehead atoms. The molecule has 0 unspecified atom stereocenters. The number of carbonyl (C=O) groups is 3. The average Bonchev–Trinajstić information content (AvgIpc) is 2.71. The fraction of sp³-hybridized carbons (Fsp3) is 0.0833. The normalized spacial score (nSPS) is 10.5. The average molecular weight is 266 g/mol. The summed E-state index contributed by atoms with van der Waals surface area (Å²) in [4.78, 5) is 36.0. The van der Waals surface area contributed by atoms with Gasteiger partial charge in [0.1, 0.15) is 0 Å². The first-order chi connectivity index (χ1) is 8.49. The molecule has 2 N–H and O–H groups in total. The number of Topliss-reactive ketones (excluding diaryl/α,β-unsaturated/α-hetero) is 2. The molecule has 0 amide bonds. The van der Waals surface area contributed by atoms with E-state index >= 15 is 0 Å². The number of nitrogens with one attached hydrogen (secondary N) is 1. The Hall–Kier alpha value is -2.14. The molecule has 0 aliphatic carbocycles. The second-order valence-corrected chi connectivity index (χ2v) is 4.16. The number of benzene rings is 1. The Bertz CT molecular complexity index is 659. The van der Waals surface area contributed by atoms with Crippen LogP contribution in [0.15, 0.2) is 24.4 Å². The van der Waals surface area contributed by atoms with E-state index in [1.807, 2.05) is 0 Å². The van der Waals surface area contributed by atoms with Gasteiger partial charge in [-0.15, -0.1) is 0 Å². The number of aliphatic carboxylic acids is 1. The van der Waals surface area contributed by atoms with Crippen molar-refractivity contribution < 1.29 is 19.5 Å². The first-order valence-electron chi connectivity index (χ1n) is 5.05. The van der Waals surface area contributed by atoms with Gasteiger partial charge in [-0.25, -0.2) is 4.79 Å². The topological polar surface area (TPSA) is 87.2 Å². The molecule has 6 heteroatoms. The van der Waals surface area contributed by atoms with Crippen molar-refractivity contribution in [3.63, 3.8) is 0 Å². The first-order valence-corrected chi connectivity index (χ1v) is 5.43. The summed E-state index contributed by atoms with van der Waals surface area (Å²) in [6.07, 6.45) is 0.785. The van der Waals surface area contributed by atoms with Crippen molar-refractivity contribution >= 4 is 40.0 Å². The van der Waals surface area contributed by atoms with Crippen LogP contribution >= 0.6 is 11.6 Å². The van der Waals surface area contributed by atoms with Crippen molar-refractivity contribution in [2.24, 2.45) is 0 Å². The molecule has 1 aromatic heterocycles. The predicted octanol–water partition coefficient (Wildman–Crippen LogP) is 2.05. The molecule has 0 spiro atoms. The summed E-state index contributed by atoms with van der Waals surface area (Å²) in [5.41, 5.74) is 0.965. The van der Waals surface area contributed by atoms with E-state index in [0.29, 0.717) is 15.9 Å². The van der Waals surface area contributed by atoms with E-state index in [0.717, 1.165) is 0 Å². The maximum Gasteiger partial charge on any atom is 0.372 e. The zero-order valence-corrected chi connectivity index (χ0v) is 9.82. The third kappa shape index (κ3) is 2.26.